The predicted octanol–water partition coefficient (Wildman–Crippen LogP) is 9.95. The van der Waals surface area contributed by atoms with Crippen molar-refractivity contribution >= 4 is 8.32 Å². The molecule has 4 rings (SSSR count). The SMILES string of the molecule is CC(C)Cc1ccc([C@@H](O)c2c(C(C)C)nc3c(c2C2C=CCC2)C(O[Si](C)(C)C(C)(C)C)CC(C)(C)C3)cc1. The molecule has 2 unspecified atom stereocenters. The molecule has 2 aliphatic carbocycles. The van der Waals surface area contributed by atoms with E-state index in [1.807, 2.05) is 0 Å². The van der Waals surface area contributed by atoms with Crippen LogP contribution >= 0.6 is 0 Å². The van der Waals surface area contributed by atoms with Gasteiger partial charge in [-0.1, -0.05) is 98.7 Å². The molecule has 0 saturated heterocycles. The van der Waals surface area contributed by atoms with E-state index in [-0.39, 0.29) is 28.4 Å². The van der Waals surface area contributed by atoms with E-state index in [1.165, 1.54) is 22.4 Å². The van der Waals surface area contributed by atoms with E-state index in [0.717, 1.165) is 48.9 Å². The van der Waals surface area contributed by atoms with E-state index in [1.54, 1.807) is 0 Å². The highest BCUT2D eigenvalue weighted by molar-refractivity contribution is 6.74. The summed E-state index contributed by atoms with van der Waals surface area (Å²) in [7, 11) is -2.06. The normalized spacial score (nSPS) is 21.8. The maximum atomic E-state index is 12.2. The van der Waals surface area contributed by atoms with Crippen LogP contribution in [0.2, 0.25) is 18.1 Å². The Balaban J connectivity index is 1.95. The molecule has 0 aliphatic heterocycles. The Morgan fingerprint density at radius 2 is 1.70 bits per heavy atom. The average Bonchev–Trinajstić information content (AvgIpc) is 3.35. The molecule has 0 saturated carbocycles. The van der Waals surface area contributed by atoms with Gasteiger partial charge in [0.05, 0.1) is 6.10 Å². The molecular formula is C36H55NO2Si. The van der Waals surface area contributed by atoms with Gasteiger partial charge in [-0.05, 0) is 84.2 Å². The van der Waals surface area contributed by atoms with E-state index in [2.05, 4.69) is 112 Å². The predicted molar refractivity (Wildman–Crippen MR) is 172 cm³/mol. The first-order chi connectivity index (χ1) is 18.5. The molecule has 0 bridgehead atoms. The number of fused-ring (bicyclic) bond motifs is 1. The van der Waals surface area contributed by atoms with Gasteiger partial charge in [0.1, 0.15) is 6.10 Å². The van der Waals surface area contributed by atoms with E-state index in [9.17, 15) is 5.11 Å². The molecule has 2 aromatic rings. The van der Waals surface area contributed by atoms with Crippen LogP contribution in [-0.4, -0.2) is 18.4 Å². The summed E-state index contributed by atoms with van der Waals surface area (Å²) in [5, 5.41) is 12.3. The van der Waals surface area contributed by atoms with Gasteiger partial charge in [-0.2, -0.15) is 0 Å². The van der Waals surface area contributed by atoms with Gasteiger partial charge in [0.2, 0.25) is 0 Å². The van der Waals surface area contributed by atoms with Gasteiger partial charge in [0.15, 0.2) is 8.32 Å². The van der Waals surface area contributed by atoms with Gasteiger partial charge in [-0.25, -0.2) is 0 Å². The number of hydrogen-bond acceptors (Lipinski definition) is 3. The minimum atomic E-state index is -2.06. The molecule has 0 fully saturated rings. The Morgan fingerprint density at radius 3 is 2.23 bits per heavy atom. The lowest BCUT2D eigenvalue weighted by Gasteiger charge is -2.45. The molecule has 0 radical (unpaired) electrons. The Bertz CT molecular complexity index is 1220. The number of aliphatic hydroxyl groups is 1. The molecule has 1 aromatic carbocycles. The van der Waals surface area contributed by atoms with Crippen molar-refractivity contribution in [1.82, 2.24) is 4.98 Å². The zero-order valence-electron chi connectivity index (χ0n) is 27.2. The van der Waals surface area contributed by atoms with Crippen molar-refractivity contribution in [1.29, 1.82) is 0 Å². The average molecular weight is 562 g/mol. The number of rotatable bonds is 8. The van der Waals surface area contributed by atoms with Gasteiger partial charge in [-0.3, -0.25) is 4.98 Å². The maximum Gasteiger partial charge on any atom is 0.192 e. The van der Waals surface area contributed by atoms with Crippen molar-refractivity contribution in [2.24, 2.45) is 11.3 Å². The number of nitrogens with zero attached hydrogens (tertiary/aromatic N) is 1. The second-order valence-electron chi connectivity index (χ2n) is 15.6. The lowest BCUT2D eigenvalue weighted by Crippen LogP contribution is -2.44. The number of pyridine rings is 1. The number of aromatic nitrogens is 1. The van der Waals surface area contributed by atoms with Crippen LogP contribution in [0.3, 0.4) is 0 Å². The van der Waals surface area contributed by atoms with E-state index in [4.69, 9.17) is 9.41 Å². The largest absolute Gasteiger partial charge is 0.410 e. The summed E-state index contributed by atoms with van der Waals surface area (Å²) < 4.78 is 7.29. The maximum absolute atomic E-state index is 12.2. The van der Waals surface area contributed by atoms with Gasteiger partial charge < -0.3 is 9.53 Å². The summed E-state index contributed by atoms with van der Waals surface area (Å²) in [6.45, 7) is 25.4. The van der Waals surface area contributed by atoms with Crippen LogP contribution in [-0.2, 0) is 17.3 Å². The highest BCUT2D eigenvalue weighted by Crippen LogP contribution is 2.52. The van der Waals surface area contributed by atoms with Crippen molar-refractivity contribution in [2.75, 3.05) is 0 Å². The Kier molecular flexibility index (Phi) is 8.96. The Hall–Kier alpha value is -1.75. The summed E-state index contributed by atoms with van der Waals surface area (Å²) in [5.74, 6) is 1.10. The molecule has 2 aliphatic rings. The van der Waals surface area contributed by atoms with Gasteiger partial charge >= 0.3 is 0 Å². The molecular weight excluding hydrogens is 506 g/mol. The van der Waals surface area contributed by atoms with Gasteiger partial charge in [0, 0.05) is 28.4 Å². The number of aliphatic hydroxyl groups excluding tert-OH is 1. The number of hydrogen-bond donors (Lipinski definition) is 1. The van der Waals surface area contributed by atoms with Gasteiger partial charge in [0.25, 0.3) is 0 Å². The van der Waals surface area contributed by atoms with Crippen LogP contribution in [0.5, 0.6) is 0 Å². The molecule has 40 heavy (non-hydrogen) atoms. The third kappa shape index (κ3) is 6.50. The molecule has 3 nitrogen and oxygen atoms in total. The van der Waals surface area contributed by atoms with E-state index < -0.39 is 14.4 Å². The Morgan fingerprint density at radius 1 is 1.05 bits per heavy atom. The highest BCUT2D eigenvalue weighted by atomic mass is 28.4. The monoisotopic (exact) mass is 561 g/mol. The van der Waals surface area contributed by atoms with Crippen molar-refractivity contribution < 1.29 is 9.53 Å². The van der Waals surface area contributed by atoms with Crippen molar-refractivity contribution in [3.05, 3.63) is 75.6 Å². The van der Waals surface area contributed by atoms with Crippen LogP contribution in [0.4, 0.5) is 0 Å². The highest BCUT2D eigenvalue weighted by Gasteiger charge is 2.45. The first kappa shape index (κ1) is 31.2. The summed E-state index contributed by atoms with van der Waals surface area (Å²) in [5.41, 5.74) is 8.26. The zero-order chi connectivity index (χ0) is 29.6. The minimum Gasteiger partial charge on any atom is -0.410 e. The van der Waals surface area contributed by atoms with Crippen LogP contribution < -0.4 is 0 Å². The fourth-order valence-electron chi connectivity index (χ4n) is 6.43. The van der Waals surface area contributed by atoms with Crippen molar-refractivity contribution in [3.8, 4) is 0 Å². The summed E-state index contributed by atoms with van der Waals surface area (Å²) in [6, 6.07) is 8.65. The second kappa shape index (κ2) is 11.5. The number of allylic oxidation sites excluding steroid dienone is 2. The molecule has 0 amide bonds. The third-order valence-electron chi connectivity index (χ3n) is 9.51. The standard InChI is InChI=1S/C36H55NO2Si/c1-23(2)20-25-16-18-27(19-17-25)34(38)32-30(26-14-12-13-15-26)31-28(37-33(32)24(3)4)21-36(8,9)22-29(31)39-40(10,11)35(5,6)7/h12,14,16-19,23-24,26,29,34,38H,13,15,20-22H2,1-11H3/t26?,29?,34-/m1/s1. The molecule has 220 valence electrons. The summed E-state index contributed by atoms with van der Waals surface area (Å²) in [6.07, 6.45) is 9.13. The van der Waals surface area contributed by atoms with E-state index >= 15 is 0 Å². The molecule has 1 N–H and O–H groups in total. The zero-order valence-corrected chi connectivity index (χ0v) is 28.2. The smallest absolute Gasteiger partial charge is 0.192 e. The molecule has 3 atom stereocenters. The third-order valence-corrected chi connectivity index (χ3v) is 14.0. The molecule has 1 heterocycles. The van der Waals surface area contributed by atoms with Crippen molar-refractivity contribution in [2.45, 2.75) is 137 Å². The van der Waals surface area contributed by atoms with Crippen LogP contribution in [0.25, 0.3) is 0 Å². The van der Waals surface area contributed by atoms with Crippen LogP contribution in [0.15, 0.2) is 36.4 Å². The number of benzene rings is 1. The van der Waals surface area contributed by atoms with Crippen LogP contribution in [0.1, 0.15) is 145 Å². The fourth-order valence-corrected chi connectivity index (χ4v) is 7.70. The second-order valence-corrected chi connectivity index (χ2v) is 20.4. The van der Waals surface area contributed by atoms with Crippen molar-refractivity contribution in [3.63, 3.8) is 0 Å². The topological polar surface area (TPSA) is 42.4 Å². The Labute approximate surface area is 246 Å². The molecule has 1 aromatic heterocycles. The lowest BCUT2D eigenvalue weighted by atomic mass is 9.70. The molecule has 0 spiro atoms. The minimum absolute atomic E-state index is 0.00304. The quantitative estimate of drug-likeness (QED) is 0.257. The first-order valence-electron chi connectivity index (χ1n) is 15.7. The van der Waals surface area contributed by atoms with Gasteiger partial charge in [-0.15, -0.1) is 0 Å². The summed E-state index contributed by atoms with van der Waals surface area (Å²) >= 11 is 0. The first-order valence-corrected chi connectivity index (χ1v) is 18.6. The molecule has 4 heteroatoms. The lowest BCUT2D eigenvalue weighted by molar-refractivity contribution is 0.104. The summed E-state index contributed by atoms with van der Waals surface area (Å²) in [4.78, 5) is 5.44. The van der Waals surface area contributed by atoms with Crippen LogP contribution in [0, 0.1) is 11.3 Å². The van der Waals surface area contributed by atoms with E-state index in [0.29, 0.717) is 5.92 Å². The fraction of sp³-hybridized carbons (Fsp3) is 0.639.